The molecular formula is C13H21NO2S. The summed E-state index contributed by atoms with van der Waals surface area (Å²) in [7, 11) is 3.27. The van der Waals surface area contributed by atoms with Crippen LogP contribution in [0.5, 0.6) is 11.5 Å². The van der Waals surface area contributed by atoms with Crippen molar-refractivity contribution in [2.75, 3.05) is 25.7 Å². The molecule has 17 heavy (non-hydrogen) atoms. The fraction of sp³-hybridized carbons (Fsp3) is 0.538. The van der Waals surface area contributed by atoms with E-state index in [9.17, 15) is 0 Å². The number of ether oxygens (including phenoxy) is 2. The quantitative estimate of drug-likeness (QED) is 0.761. The van der Waals surface area contributed by atoms with Crippen LogP contribution in [0.2, 0.25) is 0 Å². The predicted molar refractivity (Wildman–Crippen MR) is 74.1 cm³/mol. The largest absolute Gasteiger partial charge is 0.493 e. The Morgan fingerprint density at radius 2 is 1.94 bits per heavy atom. The first-order chi connectivity index (χ1) is 8.22. The third kappa shape index (κ3) is 4.13. The molecule has 0 fully saturated rings. The Morgan fingerprint density at radius 1 is 1.24 bits per heavy atom. The highest BCUT2D eigenvalue weighted by molar-refractivity contribution is 7.99. The van der Waals surface area contributed by atoms with Gasteiger partial charge in [-0.3, -0.25) is 0 Å². The van der Waals surface area contributed by atoms with Gasteiger partial charge in [-0.2, -0.15) is 11.8 Å². The van der Waals surface area contributed by atoms with E-state index in [1.807, 2.05) is 30.0 Å². The monoisotopic (exact) mass is 255 g/mol. The van der Waals surface area contributed by atoms with Gasteiger partial charge in [0, 0.05) is 11.8 Å². The second-order valence-corrected chi connectivity index (χ2v) is 4.95. The number of rotatable bonds is 7. The summed E-state index contributed by atoms with van der Waals surface area (Å²) in [6.07, 6.45) is 1.18. The van der Waals surface area contributed by atoms with Crippen molar-refractivity contribution in [3.63, 3.8) is 0 Å². The van der Waals surface area contributed by atoms with Gasteiger partial charge in [-0.25, -0.2) is 0 Å². The molecule has 96 valence electrons. The first kappa shape index (κ1) is 14.2. The van der Waals surface area contributed by atoms with E-state index >= 15 is 0 Å². The van der Waals surface area contributed by atoms with Crippen LogP contribution in [0.25, 0.3) is 0 Å². The SMILES string of the molecule is CCCSCC(N)c1ccc(OC)c(OC)c1. The van der Waals surface area contributed by atoms with E-state index in [2.05, 4.69) is 6.92 Å². The minimum atomic E-state index is 0.0476. The highest BCUT2D eigenvalue weighted by Gasteiger charge is 2.10. The Kier molecular flexibility index (Phi) is 6.22. The van der Waals surface area contributed by atoms with Gasteiger partial charge >= 0.3 is 0 Å². The molecule has 0 saturated carbocycles. The predicted octanol–water partition coefficient (Wildman–Crippen LogP) is 2.85. The molecular weight excluding hydrogens is 234 g/mol. The molecule has 0 radical (unpaired) electrons. The van der Waals surface area contributed by atoms with E-state index in [1.165, 1.54) is 6.42 Å². The molecule has 0 heterocycles. The molecule has 1 aromatic carbocycles. The van der Waals surface area contributed by atoms with E-state index in [0.29, 0.717) is 0 Å². The van der Waals surface area contributed by atoms with E-state index in [4.69, 9.17) is 15.2 Å². The average Bonchev–Trinajstić information content (AvgIpc) is 2.38. The fourth-order valence-electron chi connectivity index (χ4n) is 1.53. The third-order valence-corrected chi connectivity index (χ3v) is 3.77. The lowest BCUT2D eigenvalue weighted by Gasteiger charge is -2.14. The molecule has 0 spiro atoms. The molecule has 0 amide bonds. The summed E-state index contributed by atoms with van der Waals surface area (Å²) in [6, 6.07) is 5.90. The van der Waals surface area contributed by atoms with Gasteiger partial charge in [-0.1, -0.05) is 13.0 Å². The van der Waals surface area contributed by atoms with Crippen LogP contribution < -0.4 is 15.2 Å². The van der Waals surface area contributed by atoms with Crippen molar-refractivity contribution in [2.24, 2.45) is 5.73 Å². The molecule has 0 aromatic heterocycles. The van der Waals surface area contributed by atoms with Gasteiger partial charge in [0.25, 0.3) is 0 Å². The number of hydrogen-bond donors (Lipinski definition) is 1. The molecule has 1 unspecified atom stereocenters. The molecule has 0 aliphatic rings. The maximum atomic E-state index is 6.13. The van der Waals surface area contributed by atoms with Crippen molar-refractivity contribution in [2.45, 2.75) is 19.4 Å². The molecule has 4 heteroatoms. The Labute approximate surface area is 108 Å². The van der Waals surface area contributed by atoms with Gasteiger partial charge < -0.3 is 15.2 Å². The molecule has 1 rings (SSSR count). The normalized spacial score (nSPS) is 12.2. The zero-order chi connectivity index (χ0) is 12.7. The molecule has 2 N–H and O–H groups in total. The van der Waals surface area contributed by atoms with Gasteiger partial charge in [0.05, 0.1) is 14.2 Å². The second-order valence-electron chi connectivity index (χ2n) is 3.80. The lowest BCUT2D eigenvalue weighted by Crippen LogP contribution is -2.13. The Hall–Kier alpha value is -0.870. The molecule has 1 aromatic rings. The Bertz CT molecular complexity index is 344. The average molecular weight is 255 g/mol. The summed E-state index contributed by atoms with van der Waals surface area (Å²) in [4.78, 5) is 0. The van der Waals surface area contributed by atoms with Crippen molar-refractivity contribution in [3.8, 4) is 11.5 Å². The summed E-state index contributed by atoms with van der Waals surface area (Å²) >= 11 is 1.88. The summed E-state index contributed by atoms with van der Waals surface area (Å²) in [6.45, 7) is 2.18. The summed E-state index contributed by atoms with van der Waals surface area (Å²) in [5, 5.41) is 0. The van der Waals surface area contributed by atoms with Crippen LogP contribution in [0.4, 0.5) is 0 Å². The van der Waals surface area contributed by atoms with E-state index in [1.54, 1.807) is 14.2 Å². The highest BCUT2D eigenvalue weighted by Crippen LogP contribution is 2.30. The number of methoxy groups -OCH3 is 2. The lowest BCUT2D eigenvalue weighted by atomic mass is 10.1. The number of benzene rings is 1. The summed E-state index contributed by atoms with van der Waals surface area (Å²) < 4.78 is 10.5. The summed E-state index contributed by atoms with van der Waals surface area (Å²) in [5.74, 6) is 3.57. The molecule has 1 atom stereocenters. The number of hydrogen-bond acceptors (Lipinski definition) is 4. The van der Waals surface area contributed by atoms with Crippen LogP contribution in [0.1, 0.15) is 24.9 Å². The minimum absolute atomic E-state index is 0.0476. The molecule has 0 bridgehead atoms. The third-order valence-electron chi connectivity index (χ3n) is 2.48. The van der Waals surface area contributed by atoms with Gasteiger partial charge in [-0.15, -0.1) is 0 Å². The van der Waals surface area contributed by atoms with Crippen LogP contribution in [-0.4, -0.2) is 25.7 Å². The zero-order valence-electron chi connectivity index (χ0n) is 10.7. The van der Waals surface area contributed by atoms with Crippen LogP contribution in [0, 0.1) is 0 Å². The van der Waals surface area contributed by atoms with Crippen LogP contribution in [-0.2, 0) is 0 Å². The van der Waals surface area contributed by atoms with Gasteiger partial charge in [-0.05, 0) is 29.9 Å². The van der Waals surface area contributed by atoms with Crippen molar-refractivity contribution in [1.29, 1.82) is 0 Å². The van der Waals surface area contributed by atoms with Crippen molar-refractivity contribution in [1.82, 2.24) is 0 Å². The van der Waals surface area contributed by atoms with Gasteiger partial charge in [0.1, 0.15) is 0 Å². The van der Waals surface area contributed by atoms with Crippen LogP contribution in [0.3, 0.4) is 0 Å². The Balaban J connectivity index is 2.70. The first-order valence-electron chi connectivity index (χ1n) is 5.78. The molecule has 0 aliphatic carbocycles. The second kappa shape index (κ2) is 7.45. The zero-order valence-corrected chi connectivity index (χ0v) is 11.5. The van der Waals surface area contributed by atoms with Crippen molar-refractivity contribution < 1.29 is 9.47 Å². The standard InChI is InChI=1S/C13H21NO2S/c1-4-7-17-9-11(14)10-5-6-12(15-2)13(8-10)16-3/h5-6,8,11H,4,7,9,14H2,1-3H3. The van der Waals surface area contributed by atoms with E-state index in [-0.39, 0.29) is 6.04 Å². The topological polar surface area (TPSA) is 44.5 Å². The highest BCUT2D eigenvalue weighted by atomic mass is 32.2. The minimum Gasteiger partial charge on any atom is -0.493 e. The molecule has 0 aliphatic heterocycles. The van der Waals surface area contributed by atoms with Gasteiger partial charge in [0.15, 0.2) is 11.5 Å². The van der Waals surface area contributed by atoms with Crippen molar-refractivity contribution in [3.05, 3.63) is 23.8 Å². The fourth-order valence-corrected chi connectivity index (χ4v) is 2.44. The molecule has 3 nitrogen and oxygen atoms in total. The number of thioether (sulfide) groups is 1. The van der Waals surface area contributed by atoms with Crippen LogP contribution in [0.15, 0.2) is 18.2 Å². The number of nitrogens with two attached hydrogens (primary N) is 1. The molecule has 0 saturated heterocycles. The maximum absolute atomic E-state index is 6.13. The first-order valence-corrected chi connectivity index (χ1v) is 6.93. The van der Waals surface area contributed by atoms with Crippen molar-refractivity contribution >= 4 is 11.8 Å². The maximum Gasteiger partial charge on any atom is 0.161 e. The lowest BCUT2D eigenvalue weighted by molar-refractivity contribution is 0.354. The van der Waals surface area contributed by atoms with E-state index < -0.39 is 0 Å². The Morgan fingerprint density at radius 3 is 2.53 bits per heavy atom. The van der Waals surface area contributed by atoms with Gasteiger partial charge in [0.2, 0.25) is 0 Å². The van der Waals surface area contributed by atoms with E-state index in [0.717, 1.165) is 28.6 Å². The summed E-state index contributed by atoms with van der Waals surface area (Å²) in [5.41, 5.74) is 7.22. The smallest absolute Gasteiger partial charge is 0.161 e. The van der Waals surface area contributed by atoms with Crippen LogP contribution >= 0.6 is 11.8 Å².